The second-order valence-corrected chi connectivity index (χ2v) is 14.4. The number of nitrogens with zero attached hydrogens (tertiary/aromatic N) is 4. The number of benzene rings is 3. The molecule has 5 aromatic rings. The third kappa shape index (κ3) is 9.68. The predicted molar refractivity (Wildman–Crippen MR) is 223 cm³/mol. The number of nitrogens with one attached hydrogen (secondary N) is 4. The van der Waals surface area contributed by atoms with Gasteiger partial charge in [0.25, 0.3) is 11.8 Å². The molecule has 2 amide bonds. The number of carbonyl (C=O) groups is 2. The number of anilines is 1. The minimum Gasteiger partial charge on any atom is -0.381 e. The number of carbonyl (C=O) groups excluding carboxylic acids is 2. The molecule has 4 N–H and O–H groups in total. The van der Waals surface area contributed by atoms with Crippen LogP contribution >= 0.6 is 0 Å². The first kappa shape index (κ1) is 39.4. The Labute approximate surface area is 325 Å². The van der Waals surface area contributed by atoms with Crippen LogP contribution in [-0.4, -0.2) is 63.7 Å². The molecule has 10 nitrogen and oxygen atoms in total. The number of hydrogen-bond donors (Lipinski definition) is 4. The molecule has 1 unspecified atom stereocenters. The van der Waals surface area contributed by atoms with Gasteiger partial charge in [0.1, 0.15) is 0 Å². The number of pyridine rings is 1. The first-order valence-corrected chi connectivity index (χ1v) is 19.8. The fourth-order valence-corrected chi connectivity index (χ4v) is 7.43. The van der Waals surface area contributed by atoms with Gasteiger partial charge >= 0.3 is 0 Å². The van der Waals surface area contributed by atoms with E-state index < -0.39 is 0 Å². The Morgan fingerprint density at radius 3 is 2.36 bits per heavy atom. The van der Waals surface area contributed by atoms with Gasteiger partial charge in [-0.05, 0) is 91.3 Å². The first-order valence-electron chi connectivity index (χ1n) is 19.8. The maximum Gasteiger partial charge on any atom is 0.251 e. The van der Waals surface area contributed by atoms with Crippen molar-refractivity contribution in [2.75, 3.05) is 31.5 Å². The molecule has 55 heavy (non-hydrogen) atoms. The Kier molecular flexibility index (Phi) is 13.5. The number of aryl methyl sites for hydroxylation is 3. The molecule has 0 bridgehead atoms. The summed E-state index contributed by atoms with van der Waals surface area (Å²) < 4.78 is 1.91. The monoisotopic (exact) mass is 740 g/mol. The van der Waals surface area contributed by atoms with Crippen molar-refractivity contribution in [3.05, 3.63) is 125 Å². The molecule has 288 valence electrons. The van der Waals surface area contributed by atoms with Crippen LogP contribution in [0.25, 0.3) is 22.2 Å². The number of piperazine rings is 1. The lowest BCUT2D eigenvalue weighted by Gasteiger charge is -2.27. The molecule has 1 aliphatic heterocycles. The van der Waals surface area contributed by atoms with Crippen LogP contribution < -0.4 is 21.3 Å². The largest absolute Gasteiger partial charge is 0.381 e. The van der Waals surface area contributed by atoms with E-state index in [-0.39, 0.29) is 24.4 Å². The summed E-state index contributed by atoms with van der Waals surface area (Å²) in [5.74, 6) is -0.491. The van der Waals surface area contributed by atoms with Gasteiger partial charge in [-0.15, -0.1) is 6.58 Å². The molecule has 0 aliphatic carbocycles. The fraction of sp³-hybridized carbons (Fsp3) is 0.378. The van der Waals surface area contributed by atoms with Gasteiger partial charge in [0.15, 0.2) is 5.65 Å². The van der Waals surface area contributed by atoms with E-state index >= 15 is 0 Å². The second kappa shape index (κ2) is 18.8. The Morgan fingerprint density at radius 1 is 0.927 bits per heavy atom. The molecule has 1 aliphatic rings. The van der Waals surface area contributed by atoms with Crippen molar-refractivity contribution < 1.29 is 9.59 Å². The first-order chi connectivity index (χ1) is 26.8. The average Bonchev–Trinajstić information content (AvgIpc) is 3.63. The van der Waals surface area contributed by atoms with Crippen LogP contribution in [0.3, 0.4) is 0 Å². The van der Waals surface area contributed by atoms with Crippen LogP contribution in [0.2, 0.25) is 0 Å². The van der Waals surface area contributed by atoms with Crippen LogP contribution in [-0.2, 0) is 32.6 Å². The molecule has 1 fully saturated rings. The van der Waals surface area contributed by atoms with Crippen molar-refractivity contribution in [3.63, 3.8) is 0 Å². The Morgan fingerprint density at radius 2 is 1.65 bits per heavy atom. The van der Waals surface area contributed by atoms with E-state index in [0.717, 1.165) is 102 Å². The number of rotatable bonds is 17. The standard InChI is InChI=1S/C45H56N8O2/c1-6-12-38(13-7-2)50-42-39(41(8-3)51-43-40(42)29-49-53(43)9-4)28-48-45(55)36-17-11-16-35(26-36)44(54)47-27-37-25-34(19-18-31(37)5)33-15-10-14-32(24-33)30-52-22-20-46-21-23-52/h6,10-11,14-19,24-26,29,38,46H,1,7-9,12-13,20-23,27-28,30H2,2-5H3,(H,47,54)(H,48,55)(H,50,51). The van der Waals surface area contributed by atoms with Crippen molar-refractivity contribution in [1.29, 1.82) is 0 Å². The third-order valence-electron chi connectivity index (χ3n) is 10.5. The molecule has 6 rings (SSSR count). The van der Waals surface area contributed by atoms with Crippen LogP contribution in [0, 0.1) is 6.92 Å². The van der Waals surface area contributed by atoms with Gasteiger partial charge in [0.2, 0.25) is 0 Å². The van der Waals surface area contributed by atoms with Gasteiger partial charge in [0, 0.05) is 80.8 Å². The Balaban J connectivity index is 1.14. The molecule has 2 aromatic heterocycles. The molecule has 1 atom stereocenters. The molecule has 0 radical (unpaired) electrons. The number of amides is 2. The molecule has 1 saturated heterocycles. The van der Waals surface area contributed by atoms with E-state index in [2.05, 4.69) is 108 Å². The van der Waals surface area contributed by atoms with Crippen LogP contribution in [0.5, 0.6) is 0 Å². The number of fused-ring (bicyclic) bond motifs is 1. The van der Waals surface area contributed by atoms with Gasteiger partial charge in [0.05, 0.1) is 17.3 Å². The summed E-state index contributed by atoms with van der Waals surface area (Å²) in [5.41, 5.74) is 10.2. The van der Waals surface area contributed by atoms with E-state index in [0.29, 0.717) is 30.6 Å². The predicted octanol–water partition coefficient (Wildman–Crippen LogP) is 7.41. The van der Waals surface area contributed by atoms with Crippen molar-refractivity contribution in [2.45, 2.75) is 85.6 Å². The van der Waals surface area contributed by atoms with Crippen LogP contribution in [0.1, 0.15) is 88.7 Å². The normalized spacial score (nSPS) is 13.7. The molecule has 10 heteroatoms. The molecule has 3 aromatic carbocycles. The highest BCUT2D eigenvalue weighted by molar-refractivity contribution is 6.00. The highest BCUT2D eigenvalue weighted by Crippen LogP contribution is 2.31. The fourth-order valence-electron chi connectivity index (χ4n) is 7.43. The smallest absolute Gasteiger partial charge is 0.251 e. The number of aromatic nitrogens is 3. The van der Waals surface area contributed by atoms with Crippen LogP contribution in [0.15, 0.2) is 85.6 Å². The van der Waals surface area contributed by atoms with Crippen molar-refractivity contribution in [2.24, 2.45) is 0 Å². The highest BCUT2D eigenvalue weighted by Gasteiger charge is 2.21. The Bertz CT molecular complexity index is 2120. The highest BCUT2D eigenvalue weighted by atomic mass is 16.2. The maximum atomic E-state index is 13.7. The van der Waals surface area contributed by atoms with Gasteiger partial charge < -0.3 is 21.3 Å². The van der Waals surface area contributed by atoms with Crippen LogP contribution in [0.4, 0.5) is 5.69 Å². The lowest BCUT2D eigenvalue weighted by atomic mass is 9.98. The minimum absolute atomic E-state index is 0.192. The van der Waals surface area contributed by atoms with E-state index in [1.807, 2.05) is 17.0 Å². The summed E-state index contributed by atoms with van der Waals surface area (Å²) in [6, 6.07) is 22.2. The zero-order valence-electron chi connectivity index (χ0n) is 32.9. The third-order valence-corrected chi connectivity index (χ3v) is 10.5. The zero-order valence-corrected chi connectivity index (χ0v) is 32.9. The van der Waals surface area contributed by atoms with E-state index in [9.17, 15) is 9.59 Å². The minimum atomic E-state index is -0.258. The number of hydrogen-bond acceptors (Lipinski definition) is 7. The second-order valence-electron chi connectivity index (χ2n) is 14.4. The SMILES string of the molecule is C=CCC(CCC)Nc1c(CNC(=O)c2cccc(C(=O)NCc3cc(-c4cccc(CN5CCNCC5)c4)ccc3C)c2)c(CC)nc2c1cnn2CC. The van der Waals surface area contributed by atoms with E-state index in [1.54, 1.807) is 24.3 Å². The summed E-state index contributed by atoms with van der Waals surface area (Å²) in [7, 11) is 0. The topological polar surface area (TPSA) is 116 Å². The quantitative estimate of drug-likeness (QED) is 0.0735. The van der Waals surface area contributed by atoms with Crippen molar-refractivity contribution >= 4 is 28.5 Å². The molecule has 0 spiro atoms. The summed E-state index contributed by atoms with van der Waals surface area (Å²) >= 11 is 0. The molecular formula is C45H56N8O2. The van der Waals surface area contributed by atoms with E-state index in [1.165, 1.54) is 5.56 Å². The Hall–Kier alpha value is -5.32. The van der Waals surface area contributed by atoms with Crippen molar-refractivity contribution in [1.82, 2.24) is 35.6 Å². The summed E-state index contributed by atoms with van der Waals surface area (Å²) in [6.07, 6.45) is 7.34. The maximum absolute atomic E-state index is 13.7. The molecule has 0 saturated carbocycles. The van der Waals surface area contributed by atoms with Gasteiger partial charge in [-0.25, -0.2) is 9.67 Å². The molecular weight excluding hydrogens is 685 g/mol. The van der Waals surface area contributed by atoms with Gasteiger partial charge in [-0.3, -0.25) is 14.5 Å². The lowest BCUT2D eigenvalue weighted by molar-refractivity contribution is 0.0950. The van der Waals surface area contributed by atoms with E-state index in [4.69, 9.17) is 4.98 Å². The summed E-state index contributed by atoms with van der Waals surface area (Å²) in [6.45, 7) is 18.8. The van der Waals surface area contributed by atoms with Gasteiger partial charge in [-0.1, -0.05) is 62.7 Å². The summed E-state index contributed by atoms with van der Waals surface area (Å²) in [4.78, 5) is 34.6. The summed E-state index contributed by atoms with van der Waals surface area (Å²) in [5, 5.41) is 19.0. The van der Waals surface area contributed by atoms with Crippen molar-refractivity contribution in [3.8, 4) is 11.1 Å². The van der Waals surface area contributed by atoms with Gasteiger partial charge in [-0.2, -0.15) is 5.10 Å². The molecule has 3 heterocycles. The zero-order chi connectivity index (χ0) is 38.7. The average molecular weight is 741 g/mol. The lowest BCUT2D eigenvalue weighted by Crippen LogP contribution is -2.42.